The van der Waals surface area contributed by atoms with E-state index < -0.39 is 19.2 Å². The lowest BCUT2D eigenvalue weighted by molar-refractivity contribution is 0.119. The Balaban J connectivity index is 0.000000188. The van der Waals surface area contributed by atoms with Crippen molar-refractivity contribution in [2.45, 2.75) is 140 Å². The first-order chi connectivity index (χ1) is 31.8. The van der Waals surface area contributed by atoms with Gasteiger partial charge in [-0.05, 0) is 216 Å². The second-order valence-electron chi connectivity index (χ2n) is 19.4. The molecule has 0 saturated carbocycles. The maximum absolute atomic E-state index is 12.8. The van der Waals surface area contributed by atoms with Gasteiger partial charge in [0.1, 0.15) is 27.8 Å². The molecule has 2 atom stereocenters. The van der Waals surface area contributed by atoms with Gasteiger partial charge in [-0.15, -0.1) is 0 Å². The number of aromatic nitrogens is 2. The normalized spacial score (nSPS) is 19.9. The highest BCUT2D eigenvalue weighted by Crippen LogP contribution is 2.33. The molecule has 2 fully saturated rings. The standard InChI is InChI=1S/C25H37N3O4S.C20H32N2O.C5H6ClNO3S/c1-5-12-28(17-20-10-13-27(4)14-11-20)23-8-6-21-7-9-24(16-22(21)15-23)32-33(29,30)25-18(2)26-31-19(25)3;1-3-10-22(15-16-8-11-21(2)12-9-16)19-6-4-17-5-7-20(23)14-18(17)13-19;1-3-5(11(6,8)9)4(2)10-7-3/h7,9,16,20,23H,5-6,8,10-15,17H2,1-4H3;5,7,14,16,19,23H,3-4,6,8-13,15H2,1-2H3;1-2H3. The third-order valence-corrected chi connectivity index (χ3v) is 17.2. The fourth-order valence-electron chi connectivity index (χ4n) is 10.5. The van der Waals surface area contributed by atoms with E-state index in [1.54, 1.807) is 19.9 Å². The maximum Gasteiger partial charge on any atom is 0.344 e. The molecule has 4 aliphatic rings. The van der Waals surface area contributed by atoms with E-state index in [9.17, 15) is 21.9 Å². The molecule has 0 amide bonds. The maximum atomic E-state index is 12.8. The Morgan fingerprint density at radius 2 is 1.12 bits per heavy atom. The number of likely N-dealkylation sites (tertiary alicyclic amines) is 2. The zero-order valence-electron chi connectivity index (χ0n) is 41.1. The van der Waals surface area contributed by atoms with Crippen LogP contribution in [0.25, 0.3) is 0 Å². The van der Waals surface area contributed by atoms with Gasteiger partial charge in [0.25, 0.3) is 9.05 Å². The van der Waals surface area contributed by atoms with Gasteiger partial charge >= 0.3 is 10.1 Å². The zero-order valence-corrected chi connectivity index (χ0v) is 43.5. The quantitative estimate of drug-likeness (QED) is 0.0945. The van der Waals surface area contributed by atoms with E-state index in [0.717, 1.165) is 63.5 Å². The average molecular weight is 988 g/mol. The van der Waals surface area contributed by atoms with Crippen molar-refractivity contribution >= 4 is 29.9 Å². The molecule has 14 nitrogen and oxygen atoms in total. The number of phenols is 1. The molecule has 8 rings (SSSR count). The van der Waals surface area contributed by atoms with E-state index in [0.29, 0.717) is 29.3 Å². The molecule has 67 heavy (non-hydrogen) atoms. The minimum absolute atomic E-state index is 0.0188. The second-order valence-corrected chi connectivity index (χ2v) is 23.4. The summed E-state index contributed by atoms with van der Waals surface area (Å²) in [6, 6.07) is 12.8. The lowest BCUT2D eigenvalue weighted by Crippen LogP contribution is -2.44. The number of nitrogens with zero attached hydrogens (tertiary/aromatic N) is 6. The van der Waals surface area contributed by atoms with Gasteiger partial charge in [0.15, 0.2) is 16.4 Å². The van der Waals surface area contributed by atoms with Crippen LogP contribution in [0.1, 0.15) is 110 Å². The Labute approximate surface area is 404 Å². The first-order valence-electron chi connectivity index (χ1n) is 24.4. The van der Waals surface area contributed by atoms with E-state index in [1.807, 2.05) is 24.3 Å². The summed E-state index contributed by atoms with van der Waals surface area (Å²) in [7, 11) is 1.84. The summed E-state index contributed by atoms with van der Waals surface area (Å²) >= 11 is 0. The third kappa shape index (κ3) is 14.5. The number of fused-ring (bicyclic) bond motifs is 2. The first-order valence-corrected chi connectivity index (χ1v) is 28.1. The molecule has 372 valence electrons. The second kappa shape index (κ2) is 23.9. The highest BCUT2D eigenvalue weighted by Gasteiger charge is 2.31. The molecule has 0 radical (unpaired) electrons. The average Bonchev–Trinajstić information content (AvgIpc) is 3.83. The first kappa shape index (κ1) is 52.9. The van der Waals surface area contributed by atoms with Crippen molar-refractivity contribution in [3.05, 3.63) is 81.6 Å². The molecule has 2 aromatic carbocycles. The SMILES string of the molecule is CCCN(CC1CCN(C)CC1)C1CCc2ccc(O)cc2C1.CCCN(CC1CCN(C)CC1)C1CCc2ccc(OS(=O)(=O)c3c(C)noc3C)cc2C1.Cc1noc(C)c1S(=O)(=O)Cl. The number of aromatic hydroxyl groups is 1. The van der Waals surface area contributed by atoms with Gasteiger partial charge in [-0.1, -0.05) is 36.3 Å². The van der Waals surface area contributed by atoms with E-state index in [1.165, 1.54) is 114 Å². The molecule has 4 aromatic rings. The van der Waals surface area contributed by atoms with E-state index in [4.69, 9.17) is 19.4 Å². The monoisotopic (exact) mass is 986 g/mol. The Hall–Kier alpha value is -3.51. The predicted molar refractivity (Wildman–Crippen MR) is 263 cm³/mol. The number of hydrogen-bond donors (Lipinski definition) is 1. The van der Waals surface area contributed by atoms with Crippen LogP contribution in [-0.2, 0) is 44.9 Å². The van der Waals surface area contributed by atoms with Crippen LogP contribution in [0.5, 0.6) is 11.5 Å². The number of phenolic OH excluding ortho intramolecular Hbond substituents is 1. The molecule has 17 heteroatoms. The van der Waals surface area contributed by atoms with Crippen molar-refractivity contribution in [3.63, 3.8) is 0 Å². The van der Waals surface area contributed by atoms with Gasteiger partial charge < -0.3 is 28.1 Å². The van der Waals surface area contributed by atoms with E-state index in [2.05, 4.69) is 68.4 Å². The summed E-state index contributed by atoms with van der Waals surface area (Å²) in [5, 5.41) is 17.0. The summed E-state index contributed by atoms with van der Waals surface area (Å²) in [5.74, 6) is 2.87. The van der Waals surface area contributed by atoms with Crippen molar-refractivity contribution < 1.29 is 35.2 Å². The predicted octanol–water partition coefficient (Wildman–Crippen LogP) is 8.49. The van der Waals surface area contributed by atoms with Crippen LogP contribution in [0.2, 0.25) is 0 Å². The van der Waals surface area contributed by atoms with E-state index >= 15 is 0 Å². The smallest absolute Gasteiger partial charge is 0.344 e. The number of piperidine rings is 2. The van der Waals surface area contributed by atoms with Crippen LogP contribution in [0.3, 0.4) is 0 Å². The molecule has 0 spiro atoms. The topological polar surface area (TPSA) is 163 Å². The minimum Gasteiger partial charge on any atom is -0.508 e. The van der Waals surface area contributed by atoms with Gasteiger partial charge in [0, 0.05) is 35.9 Å². The van der Waals surface area contributed by atoms with Gasteiger partial charge in [0.05, 0.1) is 0 Å². The summed E-state index contributed by atoms with van der Waals surface area (Å²) in [5.41, 5.74) is 5.90. The van der Waals surface area contributed by atoms with Crippen LogP contribution >= 0.6 is 10.7 Å². The molecular formula is C50H75ClN6O8S2. The number of halogens is 1. The Morgan fingerprint density at radius 3 is 1.54 bits per heavy atom. The minimum atomic E-state index is -3.99. The summed E-state index contributed by atoms with van der Waals surface area (Å²) < 4.78 is 62.4. The number of benzene rings is 2. The van der Waals surface area contributed by atoms with Crippen molar-refractivity contribution in [2.24, 2.45) is 11.8 Å². The van der Waals surface area contributed by atoms with E-state index in [-0.39, 0.29) is 27.0 Å². The molecule has 1 N–H and O–H groups in total. The lowest BCUT2D eigenvalue weighted by Gasteiger charge is -2.39. The Kier molecular flexibility index (Phi) is 18.8. The molecule has 2 aliphatic carbocycles. The fraction of sp³-hybridized carbons (Fsp3) is 0.640. The van der Waals surface area contributed by atoms with Crippen LogP contribution < -0.4 is 4.18 Å². The molecule has 2 saturated heterocycles. The van der Waals surface area contributed by atoms with Gasteiger partial charge in [0.2, 0.25) is 0 Å². The molecule has 2 aliphatic heterocycles. The third-order valence-electron chi connectivity index (χ3n) is 14.1. The van der Waals surface area contributed by atoms with Crippen LogP contribution in [0.15, 0.2) is 55.2 Å². The molecule has 0 bridgehead atoms. The number of rotatable bonds is 14. The molecule has 2 aromatic heterocycles. The fourth-order valence-corrected chi connectivity index (χ4v) is 13.2. The molecule has 2 unspecified atom stereocenters. The highest BCUT2D eigenvalue weighted by molar-refractivity contribution is 8.13. The zero-order chi connectivity index (χ0) is 48.5. The largest absolute Gasteiger partial charge is 0.508 e. The summed E-state index contributed by atoms with van der Waals surface area (Å²) in [6.07, 6.45) is 14.3. The van der Waals surface area contributed by atoms with Crippen molar-refractivity contribution in [3.8, 4) is 11.5 Å². The number of hydrogen-bond acceptors (Lipinski definition) is 14. The van der Waals surface area contributed by atoms with Gasteiger partial charge in [-0.25, -0.2) is 8.42 Å². The molecule has 4 heterocycles. The molecular weight excluding hydrogens is 912 g/mol. The van der Waals surface area contributed by atoms with Crippen molar-refractivity contribution in [2.75, 3.05) is 66.5 Å². The van der Waals surface area contributed by atoms with Gasteiger partial charge in [-0.2, -0.15) is 8.42 Å². The van der Waals surface area contributed by atoms with Crippen LogP contribution in [-0.4, -0.2) is 130 Å². The van der Waals surface area contributed by atoms with Gasteiger partial charge in [-0.3, -0.25) is 9.80 Å². The Morgan fingerprint density at radius 1 is 0.672 bits per heavy atom. The highest BCUT2D eigenvalue weighted by atomic mass is 35.7. The number of aryl methyl sites for hydroxylation is 6. The lowest BCUT2D eigenvalue weighted by atomic mass is 9.86. The summed E-state index contributed by atoms with van der Waals surface area (Å²) in [4.78, 5) is 10.3. The van der Waals surface area contributed by atoms with Crippen LogP contribution in [0, 0.1) is 39.5 Å². The van der Waals surface area contributed by atoms with Crippen LogP contribution in [0.4, 0.5) is 0 Å². The van der Waals surface area contributed by atoms with Crippen molar-refractivity contribution in [1.82, 2.24) is 29.9 Å². The Bertz CT molecular complexity index is 2410. The van der Waals surface area contributed by atoms with Crippen molar-refractivity contribution in [1.29, 1.82) is 0 Å². The summed E-state index contributed by atoms with van der Waals surface area (Å²) in [6.45, 7) is 20.4.